The fraction of sp³-hybridized carbons (Fsp3) is 0.545. The van der Waals surface area contributed by atoms with Gasteiger partial charge >= 0.3 is 0 Å². The van der Waals surface area contributed by atoms with Crippen molar-refractivity contribution in [2.24, 2.45) is 0 Å². The molecule has 9 heteroatoms. The van der Waals surface area contributed by atoms with Gasteiger partial charge in [-0.2, -0.15) is 0 Å². The zero-order chi connectivity index (χ0) is 14.1. The van der Waals surface area contributed by atoms with E-state index in [4.69, 9.17) is 10.5 Å². The van der Waals surface area contributed by atoms with Gasteiger partial charge in [-0.05, 0) is 0 Å². The van der Waals surface area contributed by atoms with Gasteiger partial charge in [0.25, 0.3) is 0 Å². The number of aliphatic hydroxyl groups excluding tert-OH is 3. The fourth-order valence-electron chi connectivity index (χ4n) is 3.07. The predicted molar refractivity (Wildman–Crippen MR) is 65.5 cm³/mol. The molecular weight excluding hydrogens is 266 g/mol. The van der Waals surface area contributed by atoms with Crippen LogP contribution in [0.15, 0.2) is 12.7 Å². The molecule has 2 fully saturated rings. The monoisotopic (exact) mass is 279 g/mol. The first-order valence-corrected chi connectivity index (χ1v) is 6.18. The highest BCUT2D eigenvalue weighted by Gasteiger charge is 2.74. The van der Waals surface area contributed by atoms with E-state index in [1.807, 2.05) is 0 Å². The molecule has 0 spiro atoms. The molecule has 3 heterocycles. The third kappa shape index (κ3) is 1.23. The summed E-state index contributed by atoms with van der Waals surface area (Å²) in [5.41, 5.74) is 5.52. The van der Waals surface area contributed by atoms with E-state index in [2.05, 4.69) is 15.0 Å². The normalized spacial score (nSPS) is 39.1. The Balaban J connectivity index is 1.83. The van der Waals surface area contributed by atoms with Crippen molar-refractivity contribution in [2.45, 2.75) is 30.0 Å². The summed E-state index contributed by atoms with van der Waals surface area (Å²) in [6.07, 6.45) is 0.0752. The zero-order valence-corrected chi connectivity index (χ0v) is 10.3. The summed E-state index contributed by atoms with van der Waals surface area (Å²) in [5, 5.41) is 29.6. The fourth-order valence-corrected chi connectivity index (χ4v) is 3.07. The molecule has 20 heavy (non-hydrogen) atoms. The molecule has 0 aromatic carbocycles. The largest absolute Gasteiger partial charge is 0.393 e. The summed E-state index contributed by atoms with van der Waals surface area (Å²) in [6.45, 7) is -0.351. The smallest absolute Gasteiger partial charge is 0.165 e. The van der Waals surface area contributed by atoms with Crippen molar-refractivity contribution in [1.29, 1.82) is 0 Å². The van der Waals surface area contributed by atoms with Crippen LogP contribution < -0.4 is 5.73 Å². The second-order valence-electron chi connectivity index (χ2n) is 5.16. The number of fused-ring (bicyclic) bond motifs is 2. The number of aliphatic hydroxyl groups is 3. The molecule has 0 radical (unpaired) electrons. The Hall–Kier alpha value is -1.81. The predicted octanol–water partition coefficient (Wildman–Crippen LogP) is -2.19. The number of hydrogen-bond donors (Lipinski definition) is 4. The summed E-state index contributed by atoms with van der Waals surface area (Å²) in [4.78, 5) is 12.1. The number of aromatic nitrogens is 4. The topological polar surface area (TPSA) is 143 Å². The molecule has 2 aliphatic rings. The van der Waals surface area contributed by atoms with Gasteiger partial charge in [0.05, 0.1) is 19.0 Å². The number of nitrogen functional groups attached to an aromatic ring is 1. The van der Waals surface area contributed by atoms with Crippen molar-refractivity contribution < 1.29 is 20.1 Å². The van der Waals surface area contributed by atoms with E-state index in [-0.39, 0.29) is 12.4 Å². The van der Waals surface area contributed by atoms with Crippen molar-refractivity contribution in [3.05, 3.63) is 12.7 Å². The van der Waals surface area contributed by atoms with Crippen LogP contribution in [-0.4, -0.2) is 65.4 Å². The average Bonchev–Trinajstić information content (AvgIpc) is 2.95. The molecular formula is C11H13N5O4. The highest BCUT2D eigenvalue weighted by atomic mass is 16.6. The van der Waals surface area contributed by atoms with Crippen LogP contribution in [0.2, 0.25) is 0 Å². The average molecular weight is 279 g/mol. The second kappa shape index (κ2) is 3.64. The molecule has 4 rings (SSSR count). The number of nitrogens with two attached hydrogens (primary N) is 1. The number of ether oxygens (including phenoxy) is 1. The van der Waals surface area contributed by atoms with Gasteiger partial charge in [-0.1, -0.05) is 0 Å². The van der Waals surface area contributed by atoms with Gasteiger partial charge in [0, 0.05) is 0 Å². The van der Waals surface area contributed by atoms with Crippen LogP contribution in [0.5, 0.6) is 0 Å². The van der Waals surface area contributed by atoms with Gasteiger partial charge in [0.15, 0.2) is 11.5 Å². The first-order chi connectivity index (χ1) is 9.60. The minimum Gasteiger partial charge on any atom is -0.393 e. The molecule has 5 atom stereocenters. The van der Waals surface area contributed by atoms with Crippen LogP contribution in [0.1, 0.15) is 6.04 Å². The number of rotatable bonds is 2. The van der Waals surface area contributed by atoms with Crippen LogP contribution >= 0.6 is 0 Å². The number of anilines is 1. The third-order valence-electron chi connectivity index (χ3n) is 4.21. The van der Waals surface area contributed by atoms with Gasteiger partial charge in [-0.15, -0.1) is 0 Å². The van der Waals surface area contributed by atoms with Gasteiger partial charge in [0.1, 0.15) is 35.8 Å². The molecule has 1 aliphatic carbocycles. The lowest BCUT2D eigenvalue weighted by Crippen LogP contribution is -2.39. The summed E-state index contributed by atoms with van der Waals surface area (Å²) >= 11 is 0. The maximum atomic E-state index is 10.2. The lowest BCUT2D eigenvalue weighted by molar-refractivity contribution is -0.0614. The summed E-state index contributed by atoms with van der Waals surface area (Å²) in [5.74, 6) is 0.243. The Morgan fingerprint density at radius 1 is 1.35 bits per heavy atom. The Kier molecular flexibility index (Phi) is 2.18. The lowest BCUT2D eigenvalue weighted by atomic mass is 10.1. The molecule has 0 unspecified atom stereocenters. The van der Waals surface area contributed by atoms with E-state index < -0.39 is 30.0 Å². The first-order valence-electron chi connectivity index (χ1n) is 6.18. The van der Waals surface area contributed by atoms with Crippen LogP contribution in [0.4, 0.5) is 5.82 Å². The molecule has 2 aromatic heterocycles. The van der Waals surface area contributed by atoms with Gasteiger partial charge in [0.2, 0.25) is 0 Å². The number of imidazole rings is 1. The standard InChI is InChI=1S/C11H13N5O4/c12-9-4-10(14-2-13-9)16(3-15-4)5-6(18)7(19)11(1-17)8(5)20-11/h2-3,5-8,17-19H,1H2,(H2,12,13,14)/t5-,6-,7-,8-,11+/m0/s1. The molecule has 1 aliphatic heterocycles. The van der Waals surface area contributed by atoms with Crippen LogP contribution in [0.3, 0.4) is 0 Å². The lowest BCUT2D eigenvalue weighted by Gasteiger charge is -2.22. The van der Waals surface area contributed by atoms with Crippen molar-refractivity contribution in [3.63, 3.8) is 0 Å². The summed E-state index contributed by atoms with van der Waals surface area (Å²) in [7, 11) is 0. The summed E-state index contributed by atoms with van der Waals surface area (Å²) in [6, 6.07) is -0.573. The number of epoxide rings is 1. The van der Waals surface area contributed by atoms with E-state index in [9.17, 15) is 15.3 Å². The minimum atomic E-state index is -1.15. The Morgan fingerprint density at radius 3 is 2.85 bits per heavy atom. The zero-order valence-electron chi connectivity index (χ0n) is 10.3. The van der Waals surface area contributed by atoms with Crippen LogP contribution in [0.25, 0.3) is 11.2 Å². The van der Waals surface area contributed by atoms with E-state index in [0.29, 0.717) is 11.2 Å². The van der Waals surface area contributed by atoms with E-state index in [0.717, 1.165) is 0 Å². The molecule has 0 amide bonds. The Labute approximate surface area is 112 Å². The molecule has 106 valence electrons. The van der Waals surface area contributed by atoms with Gasteiger partial charge in [-0.25, -0.2) is 15.0 Å². The number of hydrogen-bond acceptors (Lipinski definition) is 8. The van der Waals surface area contributed by atoms with Crippen LogP contribution in [-0.2, 0) is 4.74 Å². The molecule has 0 bridgehead atoms. The van der Waals surface area contributed by atoms with E-state index in [1.165, 1.54) is 12.7 Å². The van der Waals surface area contributed by atoms with E-state index in [1.54, 1.807) is 4.57 Å². The highest BCUT2D eigenvalue weighted by molar-refractivity contribution is 5.81. The molecule has 5 N–H and O–H groups in total. The first kappa shape index (κ1) is 12.0. The number of nitrogens with zero attached hydrogens (tertiary/aromatic N) is 4. The van der Waals surface area contributed by atoms with E-state index >= 15 is 0 Å². The van der Waals surface area contributed by atoms with Crippen molar-refractivity contribution in [1.82, 2.24) is 19.5 Å². The molecule has 1 saturated carbocycles. The SMILES string of the molecule is Nc1ncnc2c1ncn2[C@H]1[C@H](O)[C@H](O)[C@@]2(CO)O[C@@H]12. The maximum Gasteiger partial charge on any atom is 0.165 e. The third-order valence-corrected chi connectivity index (χ3v) is 4.21. The molecule has 9 nitrogen and oxygen atoms in total. The van der Waals surface area contributed by atoms with Crippen molar-refractivity contribution in [3.8, 4) is 0 Å². The quantitative estimate of drug-likeness (QED) is 0.454. The Morgan fingerprint density at radius 2 is 2.15 bits per heavy atom. The van der Waals surface area contributed by atoms with Gasteiger partial charge < -0.3 is 30.4 Å². The molecule has 2 aromatic rings. The highest BCUT2D eigenvalue weighted by Crippen LogP contribution is 2.55. The van der Waals surface area contributed by atoms with Crippen molar-refractivity contribution in [2.75, 3.05) is 12.3 Å². The minimum absolute atomic E-state index is 0.243. The molecule has 1 saturated heterocycles. The maximum absolute atomic E-state index is 10.2. The van der Waals surface area contributed by atoms with Gasteiger partial charge in [-0.3, -0.25) is 0 Å². The van der Waals surface area contributed by atoms with Crippen molar-refractivity contribution >= 4 is 17.0 Å². The van der Waals surface area contributed by atoms with Crippen LogP contribution in [0, 0.1) is 0 Å². The second-order valence-corrected chi connectivity index (χ2v) is 5.16. The summed E-state index contributed by atoms with van der Waals surface area (Å²) < 4.78 is 7.01. The Bertz CT molecular complexity index is 691.